The predicted octanol–water partition coefficient (Wildman–Crippen LogP) is 2.45. The molecule has 86 valence electrons. The lowest BCUT2D eigenvalue weighted by atomic mass is 10.2. The molecule has 0 bridgehead atoms. The Morgan fingerprint density at radius 1 is 1.62 bits per heavy atom. The Morgan fingerprint density at radius 2 is 2.44 bits per heavy atom. The average molecular weight is 254 g/mol. The van der Waals surface area contributed by atoms with Crippen molar-refractivity contribution in [1.29, 1.82) is 0 Å². The second-order valence-corrected chi connectivity index (χ2v) is 5.88. The normalized spacial score (nSPS) is 15.0. The van der Waals surface area contributed by atoms with Crippen LogP contribution in [0.2, 0.25) is 0 Å². The fourth-order valence-electron chi connectivity index (χ4n) is 1.55. The zero-order chi connectivity index (χ0) is 11.5. The SMILES string of the molecule is CCc1cc(C(=O)NC2=NCCS2)sc1C. The number of aliphatic imine (C=N–C) groups is 1. The van der Waals surface area contributed by atoms with Crippen LogP contribution >= 0.6 is 23.1 Å². The second-order valence-electron chi connectivity index (χ2n) is 3.54. The van der Waals surface area contributed by atoms with Crippen molar-refractivity contribution < 1.29 is 4.79 Å². The molecule has 0 fully saturated rings. The van der Waals surface area contributed by atoms with Gasteiger partial charge >= 0.3 is 0 Å². The summed E-state index contributed by atoms with van der Waals surface area (Å²) in [6.07, 6.45) is 0.977. The van der Waals surface area contributed by atoms with Gasteiger partial charge in [0.1, 0.15) is 0 Å². The van der Waals surface area contributed by atoms with Crippen LogP contribution in [0, 0.1) is 6.92 Å². The summed E-state index contributed by atoms with van der Waals surface area (Å²) >= 11 is 3.16. The quantitative estimate of drug-likeness (QED) is 0.881. The van der Waals surface area contributed by atoms with Crippen molar-refractivity contribution in [2.45, 2.75) is 20.3 Å². The minimum atomic E-state index is -0.0269. The number of aryl methyl sites for hydroxylation is 2. The van der Waals surface area contributed by atoms with Gasteiger partial charge in [0.15, 0.2) is 5.17 Å². The van der Waals surface area contributed by atoms with Gasteiger partial charge in [0.2, 0.25) is 0 Å². The Labute approximate surface area is 103 Å². The van der Waals surface area contributed by atoms with Crippen LogP contribution in [-0.4, -0.2) is 23.4 Å². The van der Waals surface area contributed by atoms with E-state index in [4.69, 9.17) is 0 Å². The van der Waals surface area contributed by atoms with Crippen LogP contribution < -0.4 is 5.32 Å². The number of thiophene rings is 1. The van der Waals surface area contributed by atoms with Crippen LogP contribution in [0.25, 0.3) is 0 Å². The predicted molar refractivity (Wildman–Crippen MR) is 70.7 cm³/mol. The molecule has 0 saturated heterocycles. The van der Waals surface area contributed by atoms with E-state index in [1.807, 2.05) is 6.07 Å². The monoisotopic (exact) mass is 254 g/mol. The van der Waals surface area contributed by atoms with Crippen LogP contribution in [0.5, 0.6) is 0 Å². The fourth-order valence-corrected chi connectivity index (χ4v) is 3.28. The van der Waals surface area contributed by atoms with E-state index >= 15 is 0 Å². The van der Waals surface area contributed by atoms with Gasteiger partial charge in [0.05, 0.1) is 11.4 Å². The highest BCUT2D eigenvalue weighted by Gasteiger charge is 2.15. The first-order valence-electron chi connectivity index (χ1n) is 5.28. The molecule has 0 aliphatic carbocycles. The molecule has 0 aromatic carbocycles. The van der Waals surface area contributed by atoms with Gasteiger partial charge in [-0.15, -0.1) is 11.3 Å². The van der Waals surface area contributed by atoms with Crippen LogP contribution in [0.4, 0.5) is 0 Å². The summed E-state index contributed by atoms with van der Waals surface area (Å²) < 4.78 is 0. The van der Waals surface area contributed by atoms with E-state index in [1.54, 1.807) is 23.1 Å². The van der Waals surface area contributed by atoms with Crippen molar-refractivity contribution >= 4 is 34.2 Å². The number of nitrogens with one attached hydrogen (secondary N) is 1. The van der Waals surface area contributed by atoms with Gasteiger partial charge in [-0.1, -0.05) is 18.7 Å². The smallest absolute Gasteiger partial charge is 0.267 e. The average Bonchev–Trinajstić information content (AvgIpc) is 2.87. The molecule has 0 atom stereocenters. The molecule has 16 heavy (non-hydrogen) atoms. The van der Waals surface area contributed by atoms with Crippen molar-refractivity contribution in [2.75, 3.05) is 12.3 Å². The fraction of sp³-hybridized carbons (Fsp3) is 0.455. The molecule has 1 aromatic heterocycles. The van der Waals surface area contributed by atoms with Gasteiger partial charge in [-0.3, -0.25) is 9.79 Å². The summed E-state index contributed by atoms with van der Waals surface area (Å²) in [5.41, 5.74) is 1.26. The molecule has 0 unspecified atom stereocenters. The molecule has 1 amide bonds. The summed E-state index contributed by atoms with van der Waals surface area (Å²) in [4.78, 5) is 18.1. The zero-order valence-corrected chi connectivity index (χ0v) is 11.0. The molecule has 2 heterocycles. The van der Waals surface area contributed by atoms with E-state index in [2.05, 4.69) is 24.2 Å². The van der Waals surface area contributed by atoms with Gasteiger partial charge < -0.3 is 5.32 Å². The van der Waals surface area contributed by atoms with E-state index < -0.39 is 0 Å². The number of hydrogen-bond acceptors (Lipinski definition) is 4. The maximum Gasteiger partial charge on any atom is 0.267 e. The third-order valence-corrected chi connectivity index (χ3v) is 4.41. The van der Waals surface area contributed by atoms with Crippen molar-refractivity contribution in [3.8, 4) is 0 Å². The molecule has 0 radical (unpaired) electrons. The lowest BCUT2D eigenvalue weighted by Crippen LogP contribution is -2.26. The molecular weight excluding hydrogens is 240 g/mol. The maximum atomic E-state index is 11.9. The van der Waals surface area contributed by atoms with Crippen molar-refractivity contribution in [3.63, 3.8) is 0 Å². The maximum absolute atomic E-state index is 11.9. The zero-order valence-electron chi connectivity index (χ0n) is 9.37. The van der Waals surface area contributed by atoms with Gasteiger partial charge in [-0.25, -0.2) is 0 Å². The molecule has 2 rings (SSSR count). The molecule has 1 aliphatic heterocycles. The Hall–Kier alpha value is -0.810. The summed E-state index contributed by atoms with van der Waals surface area (Å²) in [6, 6.07) is 1.98. The van der Waals surface area contributed by atoms with E-state index in [1.165, 1.54) is 10.4 Å². The van der Waals surface area contributed by atoms with Crippen LogP contribution in [0.3, 0.4) is 0 Å². The molecule has 3 nitrogen and oxygen atoms in total. The third kappa shape index (κ3) is 2.47. The summed E-state index contributed by atoms with van der Waals surface area (Å²) in [5.74, 6) is 0.945. The molecular formula is C11H14N2OS2. The number of carbonyl (C=O) groups excluding carboxylic acids is 1. The van der Waals surface area contributed by atoms with E-state index in [0.717, 1.165) is 28.8 Å². The summed E-state index contributed by atoms with van der Waals surface area (Å²) in [7, 11) is 0. The Bertz CT molecular complexity index is 437. The number of carbonyl (C=O) groups is 1. The number of rotatable bonds is 2. The molecule has 0 saturated carbocycles. The standard InChI is InChI=1S/C11H14N2OS2/c1-3-8-6-9(16-7(8)2)10(14)13-11-12-4-5-15-11/h6H,3-5H2,1-2H3,(H,12,13,14). The largest absolute Gasteiger partial charge is 0.301 e. The molecule has 5 heteroatoms. The van der Waals surface area contributed by atoms with Gasteiger partial charge in [-0.2, -0.15) is 0 Å². The summed E-state index contributed by atoms with van der Waals surface area (Å²) in [5, 5.41) is 3.60. The number of hydrogen-bond donors (Lipinski definition) is 1. The van der Waals surface area contributed by atoms with Gasteiger partial charge in [-0.05, 0) is 25.0 Å². The highest BCUT2D eigenvalue weighted by Crippen LogP contribution is 2.22. The first-order chi connectivity index (χ1) is 7.70. The lowest BCUT2D eigenvalue weighted by Gasteiger charge is -2.00. The van der Waals surface area contributed by atoms with Crippen LogP contribution in [0.15, 0.2) is 11.1 Å². The number of amidine groups is 1. The minimum absolute atomic E-state index is 0.0269. The molecule has 0 spiro atoms. The van der Waals surface area contributed by atoms with Crippen molar-refractivity contribution in [3.05, 3.63) is 21.4 Å². The molecule has 1 aromatic rings. The molecule has 1 aliphatic rings. The third-order valence-electron chi connectivity index (χ3n) is 2.43. The number of nitrogens with zero attached hydrogens (tertiary/aromatic N) is 1. The van der Waals surface area contributed by atoms with E-state index in [0.29, 0.717) is 0 Å². The topological polar surface area (TPSA) is 41.5 Å². The number of amides is 1. The highest BCUT2D eigenvalue weighted by atomic mass is 32.2. The lowest BCUT2D eigenvalue weighted by molar-refractivity contribution is 0.0982. The van der Waals surface area contributed by atoms with Crippen LogP contribution in [-0.2, 0) is 6.42 Å². The van der Waals surface area contributed by atoms with Crippen molar-refractivity contribution in [1.82, 2.24) is 5.32 Å². The van der Waals surface area contributed by atoms with Crippen LogP contribution in [0.1, 0.15) is 27.0 Å². The Morgan fingerprint density at radius 3 is 3.00 bits per heavy atom. The first-order valence-corrected chi connectivity index (χ1v) is 7.09. The second kappa shape index (κ2) is 5.01. The van der Waals surface area contributed by atoms with E-state index in [9.17, 15) is 4.79 Å². The minimum Gasteiger partial charge on any atom is -0.301 e. The number of thioether (sulfide) groups is 1. The van der Waals surface area contributed by atoms with E-state index in [-0.39, 0.29) is 5.91 Å². The Kier molecular flexibility index (Phi) is 3.66. The first kappa shape index (κ1) is 11.7. The van der Waals surface area contributed by atoms with Crippen molar-refractivity contribution in [2.24, 2.45) is 4.99 Å². The highest BCUT2D eigenvalue weighted by molar-refractivity contribution is 8.14. The summed E-state index contributed by atoms with van der Waals surface area (Å²) in [6.45, 7) is 4.97. The molecule has 1 N–H and O–H groups in total. The van der Waals surface area contributed by atoms with Gasteiger partial charge in [0, 0.05) is 10.6 Å². The Balaban J connectivity index is 2.08. The van der Waals surface area contributed by atoms with Gasteiger partial charge in [0.25, 0.3) is 5.91 Å².